The molecule has 2 rings (SSSR count). The third-order valence-electron chi connectivity index (χ3n) is 2.89. The first-order chi connectivity index (χ1) is 8.11. The van der Waals surface area contributed by atoms with Crippen LogP contribution in [0.3, 0.4) is 0 Å². The van der Waals surface area contributed by atoms with Crippen LogP contribution in [0, 0.1) is 18.3 Å². The molecule has 19 heavy (non-hydrogen) atoms. The third-order valence-corrected chi connectivity index (χ3v) is 3.07. The Labute approximate surface area is 141 Å². The van der Waals surface area contributed by atoms with E-state index in [9.17, 15) is 10.2 Å². The molecule has 4 N–H and O–H groups in total. The van der Waals surface area contributed by atoms with Gasteiger partial charge in [0.1, 0.15) is 0 Å². The van der Waals surface area contributed by atoms with Crippen LogP contribution in [0.5, 0.6) is 0 Å². The molecule has 1 saturated carbocycles. The predicted molar refractivity (Wildman–Crippen MR) is 59.3 cm³/mol. The maximum absolute atomic E-state index is 9.77. The van der Waals surface area contributed by atoms with Gasteiger partial charge in [-0.2, -0.15) is 22.6 Å². The van der Waals surface area contributed by atoms with E-state index in [1.165, 1.54) is 0 Å². The standard InChI is InChI=1S/C10H12ClN3O3.2Rh/c11-7-2-8(13-4-12-7)14-6-1-5(3-15)9(16)10(6)17;;/h5-6,9-10,15-17H,1,3H2,(H,12,13,14);;/q-2;;/t5-,6-,9-,10+;;/m1../s1. The van der Waals surface area contributed by atoms with E-state index in [4.69, 9.17) is 16.7 Å². The number of nitrogens with zero attached hydrogens (tertiary/aromatic N) is 2. The van der Waals surface area contributed by atoms with Crippen LogP contribution in [0.1, 0.15) is 6.42 Å². The molecular weight excluding hydrogens is 451 g/mol. The summed E-state index contributed by atoms with van der Waals surface area (Å²) in [6.45, 7) is -0.170. The summed E-state index contributed by atoms with van der Waals surface area (Å²) in [4.78, 5) is 7.33. The number of hydrogen-bond donors (Lipinski definition) is 4. The molecule has 1 aliphatic carbocycles. The number of anilines is 1. The number of aliphatic hydroxyl groups excluding tert-OH is 3. The van der Waals surface area contributed by atoms with Gasteiger partial charge in [-0.3, -0.25) is 0 Å². The van der Waals surface area contributed by atoms with Gasteiger partial charge in [0, 0.05) is 63.8 Å². The number of halogens is 1. The summed E-state index contributed by atoms with van der Waals surface area (Å²) in [7, 11) is 0. The molecule has 1 heterocycles. The minimum atomic E-state index is -0.964. The number of hydrogen-bond acceptors (Lipinski definition) is 6. The Morgan fingerprint density at radius 1 is 1.26 bits per heavy atom. The van der Waals surface area contributed by atoms with Crippen molar-refractivity contribution in [2.75, 3.05) is 11.9 Å². The predicted octanol–water partition coefficient (Wildman–Crippen LogP) is -0.760. The van der Waals surface area contributed by atoms with Gasteiger partial charge in [0.25, 0.3) is 0 Å². The van der Waals surface area contributed by atoms with E-state index < -0.39 is 18.2 Å². The number of aromatic nitrogens is 2. The van der Waals surface area contributed by atoms with Gasteiger partial charge in [-0.15, -0.1) is 0 Å². The molecule has 1 aromatic rings. The van der Waals surface area contributed by atoms with Crippen molar-refractivity contribution < 1.29 is 54.3 Å². The van der Waals surface area contributed by atoms with Gasteiger partial charge in [-0.05, 0) is 6.42 Å². The Kier molecular flexibility index (Phi) is 8.69. The molecule has 2 radical (unpaired) electrons. The van der Waals surface area contributed by atoms with Crippen molar-refractivity contribution in [2.24, 2.45) is 5.92 Å². The minimum Gasteiger partial charge on any atom is -0.533 e. The molecule has 0 aromatic carbocycles. The first-order valence-corrected chi connectivity index (χ1v) is 5.56. The van der Waals surface area contributed by atoms with Gasteiger partial charge in [0.05, 0.1) is 12.2 Å². The summed E-state index contributed by atoms with van der Waals surface area (Å²) in [5.41, 5.74) is 0. The Morgan fingerprint density at radius 3 is 2.47 bits per heavy atom. The molecule has 112 valence electrons. The van der Waals surface area contributed by atoms with Gasteiger partial charge >= 0.3 is 0 Å². The van der Waals surface area contributed by atoms with Crippen LogP contribution in [0.15, 0.2) is 0 Å². The van der Waals surface area contributed by atoms with Crippen LogP contribution >= 0.6 is 11.6 Å². The summed E-state index contributed by atoms with van der Waals surface area (Å²) in [6.07, 6.45) is 0.865. The molecule has 1 fully saturated rings. The van der Waals surface area contributed by atoms with Crippen molar-refractivity contribution in [2.45, 2.75) is 24.7 Å². The molecule has 1 aromatic heterocycles. The summed E-state index contributed by atoms with van der Waals surface area (Å²) >= 11 is 5.62. The molecule has 1 aliphatic rings. The summed E-state index contributed by atoms with van der Waals surface area (Å²) in [6, 6.07) is 2.24. The van der Waals surface area contributed by atoms with Crippen LogP contribution in [-0.4, -0.2) is 50.1 Å². The van der Waals surface area contributed by atoms with E-state index in [2.05, 4.69) is 27.7 Å². The molecule has 6 nitrogen and oxygen atoms in total. The zero-order valence-corrected chi connectivity index (χ0v) is 13.5. The van der Waals surface area contributed by atoms with Crippen LogP contribution in [0.25, 0.3) is 0 Å². The molecule has 9 heteroatoms. The number of aliphatic hydroxyl groups is 3. The topological polar surface area (TPSA) is 98.5 Å². The van der Waals surface area contributed by atoms with Crippen molar-refractivity contribution in [3.63, 3.8) is 0 Å². The summed E-state index contributed by atoms with van der Waals surface area (Å²) in [5.74, 6) is -0.0383. The average Bonchev–Trinajstić information content (AvgIpc) is 2.57. The Balaban J connectivity index is 0.00000162. The normalized spacial score (nSPS) is 29.3. The largest absolute Gasteiger partial charge is 0.533 e. The van der Waals surface area contributed by atoms with Crippen LogP contribution in [-0.2, 0) is 39.0 Å². The SMILES string of the molecule is OC[C@H]1C[C@@H](Nc2[c-]c(Cl)n[c-]n2)[C@H](O)[C@@H]1O.[Rh].[Rh]. The van der Waals surface area contributed by atoms with Crippen molar-refractivity contribution in [1.82, 2.24) is 9.97 Å². The first kappa shape index (κ1) is 19.3. The van der Waals surface area contributed by atoms with E-state index in [0.717, 1.165) is 0 Å². The molecule has 0 saturated heterocycles. The second-order valence-corrected chi connectivity index (χ2v) is 4.36. The average molecular weight is 463 g/mol. The number of rotatable bonds is 3. The fraction of sp³-hybridized carbons (Fsp3) is 0.600. The number of nitrogens with one attached hydrogen (secondary N) is 1. The Bertz CT molecular complexity index is 402. The molecule has 4 atom stereocenters. The molecular formula is C10H12ClN3O3Rh2-2. The van der Waals surface area contributed by atoms with E-state index in [0.29, 0.717) is 12.2 Å². The van der Waals surface area contributed by atoms with Crippen molar-refractivity contribution >= 4 is 17.4 Å². The van der Waals surface area contributed by atoms with Crippen molar-refractivity contribution in [3.05, 3.63) is 17.5 Å². The van der Waals surface area contributed by atoms with Crippen LogP contribution in [0.4, 0.5) is 5.82 Å². The van der Waals surface area contributed by atoms with E-state index in [1.807, 2.05) is 0 Å². The smallest absolute Gasteiger partial charge is 0.0993 e. The van der Waals surface area contributed by atoms with Crippen LogP contribution in [0.2, 0.25) is 5.15 Å². The van der Waals surface area contributed by atoms with Gasteiger partial charge in [-0.25, -0.2) is 0 Å². The van der Waals surface area contributed by atoms with Gasteiger partial charge < -0.3 is 36.7 Å². The second-order valence-electron chi connectivity index (χ2n) is 4.00. The Hall–Kier alpha value is 0.297. The Morgan fingerprint density at radius 2 is 1.95 bits per heavy atom. The molecule has 0 amide bonds. The van der Waals surface area contributed by atoms with E-state index >= 15 is 0 Å². The van der Waals surface area contributed by atoms with Gasteiger partial charge in [0.15, 0.2) is 0 Å². The quantitative estimate of drug-likeness (QED) is 0.267. The monoisotopic (exact) mass is 463 g/mol. The summed E-state index contributed by atoms with van der Waals surface area (Å²) in [5, 5.41) is 31.4. The van der Waals surface area contributed by atoms with E-state index in [-0.39, 0.29) is 56.6 Å². The second kappa shape index (κ2) is 8.55. The summed E-state index contributed by atoms with van der Waals surface area (Å²) < 4.78 is 0. The minimum absolute atomic E-state index is 0. The van der Waals surface area contributed by atoms with Crippen molar-refractivity contribution in [3.8, 4) is 0 Å². The third kappa shape index (κ3) is 4.66. The van der Waals surface area contributed by atoms with Gasteiger partial charge in [-0.1, -0.05) is 0 Å². The zero-order valence-electron chi connectivity index (χ0n) is 9.50. The van der Waals surface area contributed by atoms with Crippen molar-refractivity contribution in [1.29, 1.82) is 0 Å². The maximum Gasteiger partial charge on any atom is 0.0993 e. The zero-order chi connectivity index (χ0) is 12.4. The van der Waals surface area contributed by atoms with E-state index in [1.54, 1.807) is 0 Å². The molecule has 0 unspecified atom stereocenters. The molecule has 0 spiro atoms. The molecule has 0 aliphatic heterocycles. The maximum atomic E-state index is 9.77. The first-order valence-electron chi connectivity index (χ1n) is 5.18. The molecule has 0 bridgehead atoms. The van der Waals surface area contributed by atoms with Gasteiger partial charge in [0.2, 0.25) is 0 Å². The fourth-order valence-corrected chi connectivity index (χ4v) is 2.09. The fourth-order valence-electron chi connectivity index (χ4n) is 1.97. The van der Waals surface area contributed by atoms with Crippen LogP contribution < -0.4 is 5.32 Å².